The van der Waals surface area contributed by atoms with Gasteiger partial charge in [-0.1, -0.05) is 18.2 Å². The number of fused-ring (bicyclic) bond motifs is 1. The van der Waals surface area contributed by atoms with Crippen molar-refractivity contribution in [1.29, 1.82) is 0 Å². The maximum Gasteiger partial charge on any atom is 0.490 e. The number of ether oxygens (including phenoxy) is 1. The molecule has 0 saturated carbocycles. The smallest absolute Gasteiger partial charge is 0.475 e. The maximum absolute atomic E-state index is 12.2. The average Bonchev–Trinajstić information content (AvgIpc) is 3.43. The Kier molecular flexibility index (Phi) is 7.52. The Balaban J connectivity index is 0.000000360. The normalized spacial score (nSPS) is 22.7. The number of carbonyl (C=O) groups is 2. The van der Waals surface area contributed by atoms with Gasteiger partial charge in [-0.25, -0.2) is 4.79 Å². The SMILES string of the molecule is Cn1cc(CN2C[C@@H]3[C@@H](CNC(=O)c4ccccc4)CO[C@@H]3C2)cn1.O=C(O)C(F)(F)F. The molecule has 11 heteroatoms. The number of aliphatic carboxylic acids is 1. The standard InChI is InChI=1S/C19H24N4O2.C2HF3O2/c1-22-9-14(7-21-22)10-23-11-17-16(13-25-18(17)12-23)8-20-19(24)15-5-3-2-4-6-15;3-2(4,5)1(6)7/h2-7,9,16-18H,8,10-13H2,1H3,(H,20,24);(H,6,7)/t16-,17+,18+;/m0./s1. The summed E-state index contributed by atoms with van der Waals surface area (Å²) in [6.45, 7) is 4.31. The van der Waals surface area contributed by atoms with E-state index in [9.17, 15) is 18.0 Å². The van der Waals surface area contributed by atoms with Gasteiger partial charge in [-0.15, -0.1) is 0 Å². The first-order chi connectivity index (χ1) is 15.1. The van der Waals surface area contributed by atoms with Gasteiger partial charge in [0.15, 0.2) is 0 Å². The van der Waals surface area contributed by atoms with E-state index in [0.717, 1.165) is 26.2 Å². The second-order valence-corrected chi connectivity index (χ2v) is 7.89. The Hall–Kier alpha value is -2.92. The highest BCUT2D eigenvalue weighted by Crippen LogP contribution is 2.34. The fourth-order valence-corrected chi connectivity index (χ4v) is 3.95. The van der Waals surface area contributed by atoms with Crippen LogP contribution in [0.15, 0.2) is 42.7 Å². The van der Waals surface area contributed by atoms with E-state index in [-0.39, 0.29) is 12.0 Å². The lowest BCUT2D eigenvalue weighted by atomic mass is 9.93. The number of aromatic nitrogens is 2. The summed E-state index contributed by atoms with van der Waals surface area (Å²) >= 11 is 0. The molecular weight excluding hydrogens is 429 g/mol. The van der Waals surface area contributed by atoms with E-state index in [0.29, 0.717) is 23.9 Å². The largest absolute Gasteiger partial charge is 0.490 e. The molecule has 0 bridgehead atoms. The number of carboxylic acid groups (broad SMARTS) is 1. The lowest BCUT2D eigenvalue weighted by molar-refractivity contribution is -0.192. The minimum atomic E-state index is -5.08. The summed E-state index contributed by atoms with van der Waals surface area (Å²) in [5, 5.41) is 14.4. The third-order valence-electron chi connectivity index (χ3n) is 5.48. The molecule has 1 amide bonds. The molecule has 0 unspecified atom stereocenters. The topological polar surface area (TPSA) is 96.7 Å². The molecule has 2 aliphatic rings. The molecule has 0 aliphatic carbocycles. The molecular formula is C21H25F3N4O4. The third-order valence-corrected chi connectivity index (χ3v) is 5.48. The van der Waals surface area contributed by atoms with Crippen LogP contribution in [0.3, 0.4) is 0 Å². The summed E-state index contributed by atoms with van der Waals surface area (Å²) in [5.74, 6) is -1.88. The molecule has 1 aromatic heterocycles. The van der Waals surface area contributed by atoms with E-state index in [1.54, 1.807) is 0 Å². The van der Waals surface area contributed by atoms with Crippen molar-refractivity contribution >= 4 is 11.9 Å². The van der Waals surface area contributed by atoms with Crippen LogP contribution < -0.4 is 5.32 Å². The van der Waals surface area contributed by atoms with E-state index >= 15 is 0 Å². The van der Waals surface area contributed by atoms with Gasteiger partial charge in [0.2, 0.25) is 0 Å². The van der Waals surface area contributed by atoms with Crippen LogP contribution in [0.5, 0.6) is 0 Å². The van der Waals surface area contributed by atoms with Crippen LogP contribution in [0.2, 0.25) is 0 Å². The van der Waals surface area contributed by atoms with Gasteiger partial charge in [-0.05, 0) is 12.1 Å². The molecule has 4 rings (SSSR count). The zero-order valence-corrected chi connectivity index (χ0v) is 17.5. The van der Waals surface area contributed by atoms with Crippen molar-refractivity contribution in [3.05, 3.63) is 53.9 Å². The van der Waals surface area contributed by atoms with E-state index in [2.05, 4.69) is 21.5 Å². The van der Waals surface area contributed by atoms with Crippen LogP contribution in [0.25, 0.3) is 0 Å². The molecule has 3 heterocycles. The molecule has 0 spiro atoms. The van der Waals surface area contributed by atoms with Gasteiger partial charge >= 0.3 is 12.1 Å². The number of hydrogen-bond donors (Lipinski definition) is 2. The molecule has 32 heavy (non-hydrogen) atoms. The number of carbonyl (C=O) groups excluding carboxylic acids is 1. The predicted octanol–water partition coefficient (Wildman–Crippen LogP) is 1.93. The molecule has 2 aromatic rings. The van der Waals surface area contributed by atoms with Crippen molar-refractivity contribution in [2.45, 2.75) is 18.8 Å². The van der Waals surface area contributed by atoms with Crippen LogP contribution in [0.1, 0.15) is 15.9 Å². The van der Waals surface area contributed by atoms with Crippen molar-refractivity contribution in [1.82, 2.24) is 20.0 Å². The Morgan fingerprint density at radius 3 is 2.53 bits per heavy atom. The van der Waals surface area contributed by atoms with Gasteiger partial charge < -0.3 is 15.2 Å². The number of likely N-dealkylation sites (tertiary alicyclic amines) is 1. The van der Waals surface area contributed by atoms with Gasteiger partial charge in [0, 0.05) is 62.4 Å². The fourth-order valence-electron chi connectivity index (χ4n) is 3.95. The highest BCUT2D eigenvalue weighted by atomic mass is 19.4. The van der Waals surface area contributed by atoms with E-state index in [1.165, 1.54) is 5.56 Å². The second kappa shape index (κ2) is 10.1. The number of alkyl halides is 3. The van der Waals surface area contributed by atoms with Crippen LogP contribution in [0, 0.1) is 11.8 Å². The molecule has 0 radical (unpaired) electrons. The van der Waals surface area contributed by atoms with E-state index < -0.39 is 12.1 Å². The van der Waals surface area contributed by atoms with Crippen molar-refractivity contribution in [2.24, 2.45) is 18.9 Å². The van der Waals surface area contributed by atoms with Gasteiger partial charge in [0.25, 0.3) is 5.91 Å². The summed E-state index contributed by atoms with van der Waals surface area (Å²) in [4.78, 5) is 23.6. The van der Waals surface area contributed by atoms with E-state index in [1.807, 2.05) is 48.3 Å². The summed E-state index contributed by atoms with van der Waals surface area (Å²) in [7, 11) is 1.94. The zero-order valence-electron chi connectivity index (χ0n) is 17.5. The van der Waals surface area contributed by atoms with Gasteiger partial charge in [-0.2, -0.15) is 18.3 Å². The minimum absolute atomic E-state index is 0.00531. The number of carboxylic acids is 1. The third kappa shape index (κ3) is 6.30. The predicted molar refractivity (Wildman–Crippen MR) is 108 cm³/mol. The summed E-state index contributed by atoms with van der Waals surface area (Å²) < 4.78 is 39.6. The van der Waals surface area contributed by atoms with Crippen molar-refractivity contribution in [3.8, 4) is 0 Å². The average molecular weight is 454 g/mol. The number of nitrogens with one attached hydrogen (secondary N) is 1. The monoisotopic (exact) mass is 454 g/mol. The summed E-state index contributed by atoms with van der Waals surface area (Å²) in [6.07, 6.45) is -0.811. The lowest BCUT2D eigenvalue weighted by Crippen LogP contribution is -2.34. The summed E-state index contributed by atoms with van der Waals surface area (Å²) in [5.41, 5.74) is 1.94. The first-order valence-corrected chi connectivity index (χ1v) is 10.1. The van der Waals surface area contributed by atoms with Crippen molar-refractivity contribution < 1.29 is 32.6 Å². The Bertz CT molecular complexity index is 919. The Morgan fingerprint density at radius 2 is 1.94 bits per heavy atom. The van der Waals surface area contributed by atoms with Crippen LogP contribution in [-0.2, 0) is 23.1 Å². The Morgan fingerprint density at radius 1 is 1.25 bits per heavy atom. The molecule has 2 fully saturated rings. The molecule has 8 nitrogen and oxygen atoms in total. The molecule has 1 aromatic carbocycles. The number of amides is 1. The molecule has 2 aliphatic heterocycles. The fraction of sp³-hybridized carbons (Fsp3) is 0.476. The van der Waals surface area contributed by atoms with Crippen LogP contribution in [-0.4, -0.2) is 70.2 Å². The molecule has 174 valence electrons. The summed E-state index contributed by atoms with van der Waals surface area (Å²) in [6, 6.07) is 9.37. The number of hydrogen-bond acceptors (Lipinski definition) is 5. The lowest BCUT2D eigenvalue weighted by Gasteiger charge is -2.19. The van der Waals surface area contributed by atoms with Crippen LogP contribution in [0.4, 0.5) is 13.2 Å². The number of aryl methyl sites for hydroxylation is 1. The van der Waals surface area contributed by atoms with Crippen LogP contribution >= 0.6 is 0 Å². The highest BCUT2D eigenvalue weighted by Gasteiger charge is 2.43. The first kappa shape index (κ1) is 23.7. The highest BCUT2D eigenvalue weighted by molar-refractivity contribution is 5.94. The number of benzene rings is 1. The maximum atomic E-state index is 12.2. The Labute approximate surface area is 183 Å². The van der Waals surface area contributed by atoms with Crippen molar-refractivity contribution in [3.63, 3.8) is 0 Å². The molecule has 2 saturated heterocycles. The second-order valence-electron chi connectivity index (χ2n) is 7.89. The first-order valence-electron chi connectivity index (χ1n) is 10.1. The van der Waals surface area contributed by atoms with Gasteiger partial charge in [0.1, 0.15) is 0 Å². The van der Waals surface area contributed by atoms with Crippen molar-refractivity contribution in [2.75, 3.05) is 26.2 Å². The number of rotatable bonds is 5. The van der Waals surface area contributed by atoms with E-state index in [4.69, 9.17) is 14.6 Å². The zero-order chi connectivity index (χ0) is 23.3. The van der Waals surface area contributed by atoms with Gasteiger partial charge in [-0.3, -0.25) is 14.4 Å². The minimum Gasteiger partial charge on any atom is -0.475 e. The number of nitrogens with zero attached hydrogens (tertiary/aromatic N) is 3. The molecule has 2 N–H and O–H groups in total. The van der Waals surface area contributed by atoms with Gasteiger partial charge in [0.05, 0.1) is 18.9 Å². The quantitative estimate of drug-likeness (QED) is 0.717. The number of halogens is 3. The molecule has 3 atom stereocenters.